The monoisotopic (exact) mass is 226 g/mol. The molecule has 1 unspecified atom stereocenters. The number of nitrogens with zero attached hydrogens (tertiary/aromatic N) is 1. The molecule has 3 N–H and O–H groups in total. The highest BCUT2D eigenvalue weighted by atomic mass is 16.2. The van der Waals surface area contributed by atoms with Gasteiger partial charge in [-0.1, -0.05) is 0 Å². The molecule has 0 saturated heterocycles. The van der Waals surface area contributed by atoms with Crippen molar-refractivity contribution in [2.45, 2.75) is 33.7 Å². The highest BCUT2D eigenvalue weighted by Gasteiger charge is 2.27. The normalized spacial score (nSPS) is 20.0. The summed E-state index contributed by atoms with van der Waals surface area (Å²) in [5, 5.41) is 9.20. The third kappa shape index (κ3) is 3.40. The lowest BCUT2D eigenvalue weighted by atomic mass is 9.92. The Morgan fingerprint density at radius 2 is 2.31 bits per heavy atom. The number of amides is 1. The Hall–Kier alpha value is -1.26. The summed E-state index contributed by atoms with van der Waals surface area (Å²) in [6.07, 6.45) is 0. The third-order valence-electron chi connectivity index (χ3n) is 2.56. The van der Waals surface area contributed by atoms with Crippen molar-refractivity contribution in [1.82, 2.24) is 16.0 Å². The third-order valence-corrected chi connectivity index (χ3v) is 2.56. The van der Waals surface area contributed by atoms with E-state index in [1.54, 1.807) is 0 Å². The molecular weight excluding hydrogens is 204 g/mol. The van der Waals surface area contributed by atoms with E-state index in [2.05, 4.69) is 27.9 Å². The SMILES string of the molecule is CCNC(=O)C(C)(C)CNC1=NCC(C)N1. The van der Waals surface area contributed by atoms with Crippen LogP contribution in [-0.4, -0.2) is 37.5 Å². The zero-order valence-corrected chi connectivity index (χ0v) is 10.6. The van der Waals surface area contributed by atoms with Gasteiger partial charge in [0.1, 0.15) is 0 Å². The molecule has 0 spiro atoms. The fourth-order valence-corrected chi connectivity index (χ4v) is 1.44. The van der Waals surface area contributed by atoms with Crippen LogP contribution in [0.15, 0.2) is 4.99 Å². The van der Waals surface area contributed by atoms with Crippen LogP contribution in [-0.2, 0) is 4.79 Å². The average Bonchev–Trinajstić information content (AvgIpc) is 2.62. The molecule has 0 bridgehead atoms. The van der Waals surface area contributed by atoms with E-state index in [1.165, 1.54) is 0 Å². The van der Waals surface area contributed by atoms with Crippen LogP contribution >= 0.6 is 0 Å². The van der Waals surface area contributed by atoms with Gasteiger partial charge in [-0.05, 0) is 27.7 Å². The molecule has 0 aromatic carbocycles. The van der Waals surface area contributed by atoms with Crippen LogP contribution in [0.2, 0.25) is 0 Å². The van der Waals surface area contributed by atoms with E-state index >= 15 is 0 Å². The summed E-state index contributed by atoms with van der Waals surface area (Å²) in [6, 6.07) is 0.384. The van der Waals surface area contributed by atoms with Gasteiger partial charge >= 0.3 is 0 Å². The van der Waals surface area contributed by atoms with Crippen molar-refractivity contribution in [1.29, 1.82) is 0 Å². The number of carbonyl (C=O) groups excluding carboxylic acids is 1. The molecule has 0 aliphatic carbocycles. The molecule has 0 aromatic rings. The summed E-state index contributed by atoms with van der Waals surface area (Å²) in [5.74, 6) is 0.860. The van der Waals surface area contributed by atoms with Crippen molar-refractivity contribution in [3.8, 4) is 0 Å². The first-order valence-electron chi connectivity index (χ1n) is 5.79. The first-order chi connectivity index (χ1) is 7.45. The standard InChI is InChI=1S/C11H22N4O/c1-5-12-9(16)11(3,4)7-14-10-13-6-8(2)15-10/h8H,5-7H2,1-4H3,(H,12,16)(H2,13,14,15). The lowest BCUT2D eigenvalue weighted by molar-refractivity contribution is -0.128. The lowest BCUT2D eigenvalue weighted by Crippen LogP contribution is -2.47. The van der Waals surface area contributed by atoms with Gasteiger partial charge in [0.2, 0.25) is 5.91 Å². The summed E-state index contributed by atoms with van der Waals surface area (Å²) < 4.78 is 0. The molecule has 1 rings (SSSR count). The van der Waals surface area contributed by atoms with Gasteiger partial charge in [0.25, 0.3) is 0 Å². The molecule has 0 saturated carbocycles. The number of nitrogens with one attached hydrogen (secondary N) is 3. The Morgan fingerprint density at radius 1 is 1.62 bits per heavy atom. The predicted molar refractivity (Wildman–Crippen MR) is 65.4 cm³/mol. The molecule has 1 amide bonds. The van der Waals surface area contributed by atoms with E-state index < -0.39 is 5.41 Å². The number of carbonyl (C=O) groups is 1. The van der Waals surface area contributed by atoms with Gasteiger partial charge in [0.05, 0.1) is 12.0 Å². The maximum Gasteiger partial charge on any atom is 0.227 e. The molecule has 1 atom stereocenters. The fourth-order valence-electron chi connectivity index (χ4n) is 1.44. The van der Waals surface area contributed by atoms with E-state index in [9.17, 15) is 4.79 Å². The van der Waals surface area contributed by atoms with Crippen LogP contribution in [0.25, 0.3) is 0 Å². The first kappa shape index (κ1) is 12.8. The van der Waals surface area contributed by atoms with E-state index in [4.69, 9.17) is 0 Å². The highest BCUT2D eigenvalue weighted by molar-refractivity contribution is 5.85. The molecule has 5 heteroatoms. The van der Waals surface area contributed by atoms with E-state index in [0.717, 1.165) is 12.5 Å². The number of rotatable bonds is 4. The van der Waals surface area contributed by atoms with E-state index in [-0.39, 0.29) is 5.91 Å². The number of aliphatic imine (C=N–C) groups is 1. The largest absolute Gasteiger partial charge is 0.356 e. The smallest absolute Gasteiger partial charge is 0.227 e. The van der Waals surface area contributed by atoms with Crippen LogP contribution in [0.4, 0.5) is 0 Å². The molecule has 0 radical (unpaired) electrons. The van der Waals surface area contributed by atoms with Crippen LogP contribution in [0.1, 0.15) is 27.7 Å². The Morgan fingerprint density at radius 3 is 2.81 bits per heavy atom. The van der Waals surface area contributed by atoms with Gasteiger partial charge < -0.3 is 16.0 Å². The highest BCUT2D eigenvalue weighted by Crippen LogP contribution is 2.13. The van der Waals surface area contributed by atoms with Gasteiger partial charge in [0.15, 0.2) is 5.96 Å². The Kier molecular flexibility index (Phi) is 4.15. The summed E-state index contributed by atoms with van der Waals surface area (Å²) in [5.41, 5.74) is -0.425. The lowest BCUT2D eigenvalue weighted by Gasteiger charge is -2.24. The number of hydrogen-bond acceptors (Lipinski definition) is 4. The van der Waals surface area contributed by atoms with Crippen molar-refractivity contribution >= 4 is 11.9 Å². The van der Waals surface area contributed by atoms with Crippen molar-refractivity contribution in [2.24, 2.45) is 10.4 Å². The number of guanidine groups is 1. The van der Waals surface area contributed by atoms with Crippen molar-refractivity contribution < 1.29 is 4.79 Å². The second-order valence-electron chi connectivity index (χ2n) is 4.83. The average molecular weight is 226 g/mol. The van der Waals surface area contributed by atoms with Crippen molar-refractivity contribution in [3.05, 3.63) is 0 Å². The zero-order chi connectivity index (χ0) is 12.2. The molecule has 16 heavy (non-hydrogen) atoms. The van der Waals surface area contributed by atoms with E-state index in [0.29, 0.717) is 19.1 Å². The molecule has 0 fully saturated rings. The summed E-state index contributed by atoms with van der Waals surface area (Å²) >= 11 is 0. The van der Waals surface area contributed by atoms with Gasteiger partial charge in [-0.25, -0.2) is 0 Å². The Labute approximate surface area is 97.1 Å². The fraction of sp³-hybridized carbons (Fsp3) is 0.818. The minimum absolute atomic E-state index is 0.0640. The summed E-state index contributed by atoms with van der Waals surface area (Å²) in [6.45, 7) is 9.88. The summed E-state index contributed by atoms with van der Waals surface area (Å²) in [7, 11) is 0. The molecule has 1 heterocycles. The summed E-state index contributed by atoms with van der Waals surface area (Å²) in [4.78, 5) is 16.0. The van der Waals surface area contributed by atoms with Crippen LogP contribution in [0, 0.1) is 5.41 Å². The molecule has 0 aromatic heterocycles. The quantitative estimate of drug-likeness (QED) is 0.636. The molecule has 1 aliphatic heterocycles. The van der Waals surface area contributed by atoms with E-state index in [1.807, 2.05) is 20.8 Å². The van der Waals surface area contributed by atoms with Crippen LogP contribution in [0.3, 0.4) is 0 Å². The van der Waals surface area contributed by atoms with Gasteiger partial charge in [0, 0.05) is 19.1 Å². The second kappa shape index (κ2) is 5.18. The molecule has 92 valence electrons. The predicted octanol–water partition coefficient (Wildman–Crippen LogP) is 0.0860. The number of hydrogen-bond donors (Lipinski definition) is 3. The van der Waals surface area contributed by atoms with Gasteiger partial charge in [-0.15, -0.1) is 0 Å². The zero-order valence-electron chi connectivity index (χ0n) is 10.6. The molecule has 5 nitrogen and oxygen atoms in total. The minimum atomic E-state index is -0.425. The van der Waals surface area contributed by atoms with Crippen LogP contribution in [0.5, 0.6) is 0 Å². The van der Waals surface area contributed by atoms with Crippen LogP contribution < -0.4 is 16.0 Å². The van der Waals surface area contributed by atoms with Gasteiger partial charge in [-0.2, -0.15) is 0 Å². The maximum atomic E-state index is 11.7. The minimum Gasteiger partial charge on any atom is -0.356 e. The maximum absolute atomic E-state index is 11.7. The Bertz CT molecular complexity index is 286. The van der Waals surface area contributed by atoms with Crippen molar-refractivity contribution in [2.75, 3.05) is 19.6 Å². The topological polar surface area (TPSA) is 65.5 Å². The van der Waals surface area contributed by atoms with Gasteiger partial charge in [-0.3, -0.25) is 9.79 Å². The molecular formula is C11H22N4O. The Balaban J connectivity index is 2.38. The first-order valence-corrected chi connectivity index (χ1v) is 5.79. The van der Waals surface area contributed by atoms with Crippen molar-refractivity contribution in [3.63, 3.8) is 0 Å². The molecule has 1 aliphatic rings. The second-order valence-corrected chi connectivity index (χ2v) is 4.83.